The van der Waals surface area contributed by atoms with Crippen LogP contribution in [0, 0.1) is 17.8 Å². The van der Waals surface area contributed by atoms with Crippen molar-refractivity contribution in [2.45, 2.75) is 46.5 Å². The maximum Gasteiger partial charge on any atom is 0.193 e. The Morgan fingerprint density at radius 2 is 2.11 bits per heavy atom. The van der Waals surface area contributed by atoms with Gasteiger partial charge in [0.15, 0.2) is 5.96 Å². The number of terminal acetylenes is 1. The molecule has 0 aromatic heterocycles. The number of nitrogens with zero attached hydrogens (tertiary/aromatic N) is 2. The summed E-state index contributed by atoms with van der Waals surface area (Å²) >= 11 is 0. The van der Waals surface area contributed by atoms with Gasteiger partial charge in [-0.1, -0.05) is 13.8 Å². The van der Waals surface area contributed by atoms with E-state index in [0.717, 1.165) is 38.6 Å². The topological polar surface area (TPSA) is 27.6 Å². The van der Waals surface area contributed by atoms with Crippen molar-refractivity contribution < 1.29 is 0 Å². The summed E-state index contributed by atoms with van der Waals surface area (Å²) in [5.74, 6) is 3.68. The molecule has 1 N–H and O–H groups in total. The Labute approximate surface area is 112 Å². The number of nitrogens with one attached hydrogen (secondary N) is 1. The number of guanidine groups is 1. The summed E-state index contributed by atoms with van der Waals surface area (Å²) in [5, 5.41) is 3.38. The van der Waals surface area contributed by atoms with Gasteiger partial charge in [-0.3, -0.25) is 4.99 Å². The molecule has 1 heterocycles. The maximum absolute atomic E-state index is 5.28. The van der Waals surface area contributed by atoms with Crippen LogP contribution in [0.15, 0.2) is 4.99 Å². The quantitative estimate of drug-likeness (QED) is 0.351. The number of hydrogen-bond donors (Lipinski definition) is 1. The van der Waals surface area contributed by atoms with Gasteiger partial charge in [0.25, 0.3) is 0 Å². The van der Waals surface area contributed by atoms with Crippen molar-refractivity contribution in [3.8, 4) is 12.3 Å². The van der Waals surface area contributed by atoms with E-state index in [4.69, 9.17) is 6.42 Å². The molecule has 18 heavy (non-hydrogen) atoms. The summed E-state index contributed by atoms with van der Waals surface area (Å²) in [5.41, 5.74) is 0.488. The van der Waals surface area contributed by atoms with Gasteiger partial charge in [-0.2, -0.15) is 0 Å². The molecular formula is C15H27N3. The highest BCUT2D eigenvalue weighted by Crippen LogP contribution is 2.36. The minimum atomic E-state index is 0.488. The first-order valence-corrected chi connectivity index (χ1v) is 7.18. The summed E-state index contributed by atoms with van der Waals surface area (Å²) in [7, 11) is 0. The smallest absolute Gasteiger partial charge is 0.193 e. The molecule has 1 fully saturated rings. The SMILES string of the molecule is C#CCCN=C(NCC)N1CCC(CC)(CC)C1. The Morgan fingerprint density at radius 1 is 1.39 bits per heavy atom. The second-order valence-corrected chi connectivity index (χ2v) is 5.07. The fourth-order valence-electron chi connectivity index (χ4n) is 2.60. The van der Waals surface area contributed by atoms with E-state index in [-0.39, 0.29) is 0 Å². The second kappa shape index (κ2) is 7.31. The molecule has 0 spiro atoms. The zero-order chi connectivity index (χ0) is 13.4. The van der Waals surface area contributed by atoms with E-state index in [2.05, 4.69) is 41.9 Å². The van der Waals surface area contributed by atoms with Crippen molar-refractivity contribution in [3.63, 3.8) is 0 Å². The highest BCUT2D eigenvalue weighted by atomic mass is 15.3. The van der Waals surface area contributed by atoms with Crippen LogP contribution in [0.5, 0.6) is 0 Å². The van der Waals surface area contributed by atoms with E-state index in [0.29, 0.717) is 5.41 Å². The molecular weight excluding hydrogens is 222 g/mol. The highest BCUT2D eigenvalue weighted by molar-refractivity contribution is 5.80. The standard InChI is InChI=1S/C15H27N3/c1-5-9-11-17-14(16-8-4)18-12-10-15(6-2,7-3)13-18/h1H,6-13H2,2-4H3,(H,16,17). The van der Waals surface area contributed by atoms with Crippen molar-refractivity contribution in [1.82, 2.24) is 10.2 Å². The van der Waals surface area contributed by atoms with E-state index >= 15 is 0 Å². The average Bonchev–Trinajstić information content (AvgIpc) is 2.83. The number of aliphatic imine (C=N–C) groups is 1. The van der Waals surface area contributed by atoms with Crippen molar-refractivity contribution in [2.24, 2.45) is 10.4 Å². The average molecular weight is 249 g/mol. The third kappa shape index (κ3) is 3.66. The van der Waals surface area contributed by atoms with E-state index in [1.165, 1.54) is 19.3 Å². The van der Waals surface area contributed by atoms with E-state index in [9.17, 15) is 0 Å². The van der Waals surface area contributed by atoms with Crippen LogP contribution in [0.4, 0.5) is 0 Å². The highest BCUT2D eigenvalue weighted by Gasteiger charge is 2.36. The summed E-state index contributed by atoms with van der Waals surface area (Å²) in [6.07, 6.45) is 9.78. The van der Waals surface area contributed by atoms with Gasteiger partial charge < -0.3 is 10.2 Å². The van der Waals surface area contributed by atoms with Crippen LogP contribution in [0.3, 0.4) is 0 Å². The fourth-order valence-corrected chi connectivity index (χ4v) is 2.60. The van der Waals surface area contributed by atoms with Crippen molar-refractivity contribution >= 4 is 5.96 Å². The molecule has 0 radical (unpaired) electrons. The molecule has 0 aliphatic carbocycles. The van der Waals surface area contributed by atoms with Crippen LogP contribution in [-0.2, 0) is 0 Å². The third-order valence-corrected chi connectivity index (χ3v) is 4.09. The van der Waals surface area contributed by atoms with Gasteiger partial charge in [-0.25, -0.2) is 0 Å². The van der Waals surface area contributed by atoms with Crippen LogP contribution in [-0.4, -0.2) is 37.0 Å². The first-order valence-electron chi connectivity index (χ1n) is 7.18. The minimum Gasteiger partial charge on any atom is -0.357 e. The van der Waals surface area contributed by atoms with Crippen LogP contribution in [0.25, 0.3) is 0 Å². The predicted molar refractivity (Wildman–Crippen MR) is 78.6 cm³/mol. The fraction of sp³-hybridized carbons (Fsp3) is 0.800. The molecule has 0 bridgehead atoms. The molecule has 1 aliphatic heterocycles. The summed E-state index contributed by atoms with van der Waals surface area (Å²) in [4.78, 5) is 7.00. The van der Waals surface area contributed by atoms with Crippen LogP contribution < -0.4 is 5.32 Å². The molecule has 0 unspecified atom stereocenters. The van der Waals surface area contributed by atoms with Crippen LogP contribution in [0.2, 0.25) is 0 Å². The van der Waals surface area contributed by atoms with Gasteiger partial charge in [0.05, 0.1) is 6.54 Å². The van der Waals surface area contributed by atoms with Gasteiger partial charge in [-0.15, -0.1) is 12.3 Å². The lowest BCUT2D eigenvalue weighted by Crippen LogP contribution is -2.41. The molecule has 1 aliphatic rings. The second-order valence-electron chi connectivity index (χ2n) is 5.07. The summed E-state index contributed by atoms with van der Waals surface area (Å²) < 4.78 is 0. The van der Waals surface area contributed by atoms with Crippen LogP contribution in [0.1, 0.15) is 46.5 Å². The summed E-state index contributed by atoms with van der Waals surface area (Å²) in [6.45, 7) is 10.6. The molecule has 0 saturated carbocycles. The lowest BCUT2D eigenvalue weighted by molar-refractivity contribution is 0.276. The Kier molecular flexibility index (Phi) is 6.04. The maximum atomic E-state index is 5.28. The van der Waals surface area contributed by atoms with E-state index < -0.39 is 0 Å². The largest absolute Gasteiger partial charge is 0.357 e. The molecule has 0 amide bonds. The van der Waals surface area contributed by atoms with Gasteiger partial charge in [-0.05, 0) is 31.6 Å². The molecule has 1 saturated heterocycles. The molecule has 0 aromatic rings. The van der Waals surface area contributed by atoms with Gasteiger partial charge >= 0.3 is 0 Å². The minimum absolute atomic E-state index is 0.488. The number of hydrogen-bond acceptors (Lipinski definition) is 1. The van der Waals surface area contributed by atoms with E-state index in [1.54, 1.807) is 0 Å². The molecule has 3 heteroatoms. The lowest BCUT2D eigenvalue weighted by Gasteiger charge is -2.28. The Hall–Kier alpha value is -1.17. The third-order valence-electron chi connectivity index (χ3n) is 4.09. The van der Waals surface area contributed by atoms with Gasteiger partial charge in [0, 0.05) is 26.1 Å². The molecule has 102 valence electrons. The van der Waals surface area contributed by atoms with Crippen molar-refractivity contribution in [3.05, 3.63) is 0 Å². The zero-order valence-corrected chi connectivity index (χ0v) is 12.1. The Bertz CT molecular complexity index is 310. The normalized spacial score (nSPS) is 18.8. The molecule has 1 rings (SSSR count). The molecule has 0 aromatic carbocycles. The van der Waals surface area contributed by atoms with Gasteiger partial charge in [0.1, 0.15) is 0 Å². The first-order chi connectivity index (χ1) is 8.71. The Balaban J connectivity index is 2.65. The molecule has 0 atom stereocenters. The zero-order valence-electron chi connectivity index (χ0n) is 12.1. The lowest BCUT2D eigenvalue weighted by atomic mass is 9.82. The monoisotopic (exact) mass is 249 g/mol. The summed E-state index contributed by atoms with van der Waals surface area (Å²) in [6, 6.07) is 0. The Morgan fingerprint density at radius 3 is 2.61 bits per heavy atom. The van der Waals surface area contributed by atoms with Crippen LogP contribution >= 0.6 is 0 Å². The van der Waals surface area contributed by atoms with Gasteiger partial charge in [0.2, 0.25) is 0 Å². The van der Waals surface area contributed by atoms with E-state index in [1.807, 2.05) is 0 Å². The van der Waals surface area contributed by atoms with Crippen molar-refractivity contribution in [1.29, 1.82) is 0 Å². The number of rotatable bonds is 5. The molecule has 3 nitrogen and oxygen atoms in total. The number of likely N-dealkylation sites (tertiary alicyclic amines) is 1. The van der Waals surface area contributed by atoms with Crippen molar-refractivity contribution in [2.75, 3.05) is 26.2 Å². The first kappa shape index (κ1) is 14.9. The predicted octanol–water partition coefficient (Wildman–Crippen LogP) is 2.49.